The molecule has 52 valence electrons. The van der Waals surface area contributed by atoms with Crippen LogP contribution < -0.4 is 0 Å². The lowest BCUT2D eigenvalue weighted by Gasteiger charge is -1.96. The fourth-order valence-corrected chi connectivity index (χ4v) is 0.383. The van der Waals surface area contributed by atoms with Gasteiger partial charge < -0.3 is 5.11 Å². The van der Waals surface area contributed by atoms with E-state index in [4.69, 9.17) is 5.11 Å². The predicted octanol–water partition coefficient (Wildman–Crippen LogP) is 1.67. The molecule has 0 unspecified atom stereocenters. The number of carboxylic acids is 1. The Labute approximate surface area is 55.2 Å². The molecule has 0 radical (unpaired) electrons. The van der Waals surface area contributed by atoms with Gasteiger partial charge in [-0.1, -0.05) is 26.3 Å². The van der Waals surface area contributed by atoms with E-state index in [9.17, 15) is 4.79 Å². The molecule has 0 rings (SSSR count). The van der Waals surface area contributed by atoms with Crippen molar-refractivity contribution in [3.8, 4) is 0 Å². The van der Waals surface area contributed by atoms with Crippen molar-refractivity contribution < 1.29 is 9.90 Å². The van der Waals surface area contributed by atoms with Crippen LogP contribution in [0.2, 0.25) is 0 Å². The van der Waals surface area contributed by atoms with E-state index in [1.807, 2.05) is 13.8 Å². The second kappa shape index (κ2) is 4.13. The van der Waals surface area contributed by atoms with Crippen molar-refractivity contribution in [3.63, 3.8) is 0 Å². The molecule has 0 aromatic heterocycles. The SMILES string of the molecule is CC[C@H](C)/C=C/C(=O)O. The Morgan fingerprint density at radius 2 is 2.33 bits per heavy atom. The summed E-state index contributed by atoms with van der Waals surface area (Å²) in [7, 11) is 0. The maximum Gasteiger partial charge on any atom is 0.327 e. The molecule has 0 aromatic carbocycles. The van der Waals surface area contributed by atoms with Crippen LogP contribution in [0, 0.1) is 5.92 Å². The van der Waals surface area contributed by atoms with Crippen LogP contribution >= 0.6 is 0 Å². The van der Waals surface area contributed by atoms with Gasteiger partial charge >= 0.3 is 5.97 Å². The first kappa shape index (κ1) is 8.21. The standard InChI is InChI=1S/C7H12O2/c1-3-6(2)4-5-7(8)9/h4-6H,3H2,1-2H3,(H,8,9)/b5-4+/t6-/m0/s1. The highest BCUT2D eigenvalue weighted by atomic mass is 16.4. The Morgan fingerprint density at radius 1 is 1.78 bits per heavy atom. The number of carbonyl (C=O) groups is 1. The van der Waals surface area contributed by atoms with Gasteiger partial charge in [0.15, 0.2) is 0 Å². The van der Waals surface area contributed by atoms with Crippen molar-refractivity contribution in [2.75, 3.05) is 0 Å². The van der Waals surface area contributed by atoms with Crippen molar-refractivity contribution in [2.24, 2.45) is 5.92 Å². The van der Waals surface area contributed by atoms with E-state index in [1.165, 1.54) is 6.08 Å². The Bertz CT molecular complexity index is 116. The zero-order valence-corrected chi connectivity index (χ0v) is 5.79. The average Bonchev–Trinajstić information content (AvgIpc) is 1.83. The lowest BCUT2D eigenvalue weighted by atomic mass is 10.1. The molecule has 9 heavy (non-hydrogen) atoms. The van der Waals surface area contributed by atoms with Gasteiger partial charge in [0, 0.05) is 6.08 Å². The van der Waals surface area contributed by atoms with Crippen LogP contribution in [0.3, 0.4) is 0 Å². The minimum Gasteiger partial charge on any atom is -0.478 e. The van der Waals surface area contributed by atoms with Crippen LogP contribution in [0.1, 0.15) is 20.3 Å². The second-order valence-corrected chi connectivity index (χ2v) is 2.08. The van der Waals surface area contributed by atoms with Crippen molar-refractivity contribution in [2.45, 2.75) is 20.3 Å². The van der Waals surface area contributed by atoms with Gasteiger partial charge in [-0.25, -0.2) is 4.79 Å². The summed E-state index contributed by atoms with van der Waals surface area (Å²) >= 11 is 0. The number of allylic oxidation sites excluding steroid dienone is 1. The van der Waals surface area contributed by atoms with Gasteiger partial charge in [0.25, 0.3) is 0 Å². The lowest BCUT2D eigenvalue weighted by molar-refractivity contribution is -0.131. The van der Waals surface area contributed by atoms with Gasteiger partial charge in [-0.3, -0.25) is 0 Å². The molecule has 0 saturated carbocycles. The van der Waals surface area contributed by atoms with Crippen LogP contribution in [-0.4, -0.2) is 11.1 Å². The maximum absolute atomic E-state index is 9.93. The largest absolute Gasteiger partial charge is 0.478 e. The summed E-state index contributed by atoms with van der Waals surface area (Å²) in [5, 5.41) is 8.17. The third-order valence-corrected chi connectivity index (χ3v) is 1.21. The van der Waals surface area contributed by atoms with E-state index >= 15 is 0 Å². The number of aliphatic carboxylic acids is 1. The van der Waals surface area contributed by atoms with Gasteiger partial charge in [-0.05, 0) is 5.92 Å². The van der Waals surface area contributed by atoms with E-state index in [-0.39, 0.29) is 0 Å². The highest BCUT2D eigenvalue weighted by Crippen LogP contribution is 2.00. The van der Waals surface area contributed by atoms with Gasteiger partial charge in [0.05, 0.1) is 0 Å². The summed E-state index contributed by atoms with van der Waals surface area (Å²) in [5.41, 5.74) is 0. The number of carboxylic acid groups (broad SMARTS) is 1. The first-order valence-corrected chi connectivity index (χ1v) is 3.08. The molecule has 0 aromatic rings. The smallest absolute Gasteiger partial charge is 0.327 e. The molecule has 0 amide bonds. The van der Waals surface area contributed by atoms with Crippen LogP contribution in [0.15, 0.2) is 12.2 Å². The zero-order chi connectivity index (χ0) is 7.28. The van der Waals surface area contributed by atoms with E-state index < -0.39 is 5.97 Å². The lowest BCUT2D eigenvalue weighted by Crippen LogP contribution is -1.90. The molecule has 2 nitrogen and oxygen atoms in total. The summed E-state index contributed by atoms with van der Waals surface area (Å²) in [6.07, 6.45) is 3.88. The van der Waals surface area contributed by atoms with Crippen LogP contribution in [0.5, 0.6) is 0 Å². The van der Waals surface area contributed by atoms with Gasteiger partial charge in [0.2, 0.25) is 0 Å². The highest BCUT2D eigenvalue weighted by molar-refractivity contribution is 5.79. The van der Waals surface area contributed by atoms with E-state index in [2.05, 4.69) is 0 Å². The van der Waals surface area contributed by atoms with Crippen molar-refractivity contribution >= 4 is 5.97 Å². The average molecular weight is 128 g/mol. The predicted molar refractivity (Wildman–Crippen MR) is 36.2 cm³/mol. The number of hydrogen-bond donors (Lipinski definition) is 1. The van der Waals surface area contributed by atoms with Crippen LogP contribution in [-0.2, 0) is 4.79 Å². The quantitative estimate of drug-likeness (QED) is 0.587. The normalized spacial score (nSPS) is 14.0. The summed E-state index contributed by atoms with van der Waals surface area (Å²) in [6.45, 7) is 4.01. The van der Waals surface area contributed by atoms with Crippen molar-refractivity contribution in [1.82, 2.24) is 0 Å². The molecular formula is C7H12O2. The Hall–Kier alpha value is -0.790. The molecule has 0 saturated heterocycles. The summed E-state index contributed by atoms with van der Waals surface area (Å²) in [5.74, 6) is -0.489. The Morgan fingerprint density at radius 3 is 2.67 bits per heavy atom. The van der Waals surface area contributed by atoms with Crippen molar-refractivity contribution in [3.05, 3.63) is 12.2 Å². The summed E-state index contributed by atoms with van der Waals surface area (Å²) < 4.78 is 0. The number of rotatable bonds is 3. The molecule has 0 aliphatic carbocycles. The van der Waals surface area contributed by atoms with Gasteiger partial charge in [0.1, 0.15) is 0 Å². The molecule has 0 aliphatic heterocycles. The minimum atomic E-state index is -0.865. The molecular weight excluding hydrogens is 116 g/mol. The molecule has 0 fully saturated rings. The molecule has 0 heterocycles. The van der Waals surface area contributed by atoms with E-state index in [1.54, 1.807) is 6.08 Å². The summed E-state index contributed by atoms with van der Waals surface area (Å²) in [4.78, 5) is 9.93. The Balaban J connectivity index is 3.56. The highest BCUT2D eigenvalue weighted by Gasteiger charge is 1.91. The van der Waals surface area contributed by atoms with E-state index in [0.717, 1.165) is 6.42 Å². The molecule has 0 spiro atoms. The monoisotopic (exact) mass is 128 g/mol. The van der Waals surface area contributed by atoms with Crippen LogP contribution in [0.25, 0.3) is 0 Å². The van der Waals surface area contributed by atoms with Crippen molar-refractivity contribution in [1.29, 1.82) is 0 Å². The van der Waals surface area contributed by atoms with Crippen LogP contribution in [0.4, 0.5) is 0 Å². The molecule has 0 bridgehead atoms. The minimum absolute atomic E-state index is 0.376. The number of hydrogen-bond acceptors (Lipinski definition) is 1. The van der Waals surface area contributed by atoms with E-state index in [0.29, 0.717) is 5.92 Å². The Kier molecular flexibility index (Phi) is 3.76. The molecule has 2 heteroatoms. The maximum atomic E-state index is 9.93. The zero-order valence-electron chi connectivity index (χ0n) is 5.79. The van der Waals surface area contributed by atoms with Gasteiger partial charge in [-0.15, -0.1) is 0 Å². The first-order valence-electron chi connectivity index (χ1n) is 3.08. The molecule has 1 atom stereocenters. The second-order valence-electron chi connectivity index (χ2n) is 2.08. The first-order chi connectivity index (χ1) is 4.16. The topological polar surface area (TPSA) is 37.3 Å². The third kappa shape index (κ3) is 5.07. The summed E-state index contributed by atoms with van der Waals surface area (Å²) in [6, 6.07) is 0. The molecule has 0 aliphatic rings. The fraction of sp³-hybridized carbons (Fsp3) is 0.571. The van der Waals surface area contributed by atoms with Gasteiger partial charge in [-0.2, -0.15) is 0 Å². The fourth-order valence-electron chi connectivity index (χ4n) is 0.383. The third-order valence-electron chi connectivity index (χ3n) is 1.21. The molecule has 1 N–H and O–H groups in total.